The second kappa shape index (κ2) is 16.0. The smallest absolute Gasteiger partial charge is 0.343 e. The summed E-state index contributed by atoms with van der Waals surface area (Å²) < 4.78 is 16.8. The molecule has 1 aliphatic rings. The fourth-order valence-electron chi connectivity index (χ4n) is 5.23. The fourth-order valence-corrected chi connectivity index (χ4v) is 5.43. The van der Waals surface area contributed by atoms with Crippen molar-refractivity contribution in [3.8, 4) is 5.75 Å². The molecule has 3 rings (SSSR count). The third kappa shape index (κ3) is 8.51. The Bertz CT molecular complexity index is 1210. The van der Waals surface area contributed by atoms with Gasteiger partial charge in [0.25, 0.3) is 0 Å². The van der Waals surface area contributed by atoms with Gasteiger partial charge in [0.2, 0.25) is 5.60 Å². The van der Waals surface area contributed by atoms with Gasteiger partial charge >= 0.3 is 11.9 Å². The van der Waals surface area contributed by atoms with E-state index >= 15 is 0 Å². The van der Waals surface area contributed by atoms with Crippen molar-refractivity contribution in [1.29, 1.82) is 0 Å². The molecular formula is C34H46ClNO6. The van der Waals surface area contributed by atoms with Gasteiger partial charge in [-0.1, -0.05) is 50.1 Å². The maximum Gasteiger partial charge on any atom is 0.343 e. The number of unbranched alkanes of at least 4 members (excludes halogenated alkanes) is 3. The standard InChI is InChI=1S/C34H46ClNO6/c1-6-7-8-9-11-18-36-19-12-10-13-26-20-29(35)16-14-27(26)23-41-31-17-15-28(21-30(31)36)34(39,33(38)40-5)25(4)32(37)42-22-24(2)3/h6,14-17,20-21,24-25,39H,1,7-13,18-19,22-23H2,2-5H3/t25-,34-/m0/s1. The average Bonchev–Trinajstić information content (AvgIpc) is 3.01. The number of halogens is 1. The van der Waals surface area contributed by atoms with Crippen molar-refractivity contribution in [2.75, 3.05) is 31.7 Å². The number of anilines is 1. The fraction of sp³-hybridized carbons (Fsp3) is 0.529. The summed E-state index contributed by atoms with van der Waals surface area (Å²) in [5, 5.41) is 12.6. The third-order valence-corrected chi connectivity index (χ3v) is 8.02. The van der Waals surface area contributed by atoms with E-state index in [-0.39, 0.29) is 18.1 Å². The topological polar surface area (TPSA) is 85.3 Å². The number of aryl methyl sites for hydroxylation is 1. The lowest BCUT2D eigenvalue weighted by Gasteiger charge is -2.33. The summed E-state index contributed by atoms with van der Waals surface area (Å²) in [5.41, 5.74) is 1.01. The molecule has 0 saturated carbocycles. The number of allylic oxidation sites excluding steroid dienone is 1. The number of aliphatic hydroxyl groups is 1. The quantitative estimate of drug-likeness (QED) is 0.160. The van der Waals surface area contributed by atoms with E-state index < -0.39 is 23.5 Å². The summed E-state index contributed by atoms with van der Waals surface area (Å²) in [7, 11) is 1.20. The molecule has 2 aromatic rings. The lowest BCUT2D eigenvalue weighted by Crippen LogP contribution is -2.47. The van der Waals surface area contributed by atoms with Crippen molar-refractivity contribution in [3.05, 3.63) is 70.8 Å². The van der Waals surface area contributed by atoms with Crippen molar-refractivity contribution in [3.63, 3.8) is 0 Å². The van der Waals surface area contributed by atoms with E-state index in [2.05, 4.69) is 11.5 Å². The molecule has 8 heteroatoms. The molecule has 230 valence electrons. The first-order chi connectivity index (χ1) is 20.1. The van der Waals surface area contributed by atoms with Crippen LogP contribution in [0.15, 0.2) is 49.1 Å². The highest BCUT2D eigenvalue weighted by Gasteiger charge is 2.49. The number of ether oxygens (including phenoxy) is 3. The SMILES string of the molecule is C=CCCCCCN1CCCCc2cc(Cl)ccc2COc2ccc([C@](O)(C(=O)OC)[C@@H](C)C(=O)OCC(C)C)cc21. The Hall–Kier alpha value is -3.03. The Balaban J connectivity index is 2.04. The van der Waals surface area contributed by atoms with Gasteiger partial charge in [0.15, 0.2) is 0 Å². The predicted octanol–water partition coefficient (Wildman–Crippen LogP) is 7.00. The number of carbonyl (C=O) groups excluding carboxylic acids is 2. The molecule has 0 fully saturated rings. The molecule has 42 heavy (non-hydrogen) atoms. The summed E-state index contributed by atoms with van der Waals surface area (Å²) in [5.74, 6) is -2.04. The van der Waals surface area contributed by atoms with Crippen LogP contribution in [0.4, 0.5) is 5.69 Å². The molecule has 0 radical (unpaired) electrons. The van der Waals surface area contributed by atoms with Gasteiger partial charge in [-0.25, -0.2) is 4.79 Å². The minimum absolute atomic E-state index is 0.110. The number of fused-ring (bicyclic) bond motifs is 2. The number of methoxy groups -OCH3 is 1. The Labute approximate surface area is 255 Å². The molecule has 2 aromatic carbocycles. The van der Waals surface area contributed by atoms with E-state index in [0.29, 0.717) is 17.4 Å². The molecule has 0 unspecified atom stereocenters. The summed E-state index contributed by atoms with van der Waals surface area (Å²) in [4.78, 5) is 28.4. The summed E-state index contributed by atoms with van der Waals surface area (Å²) in [6, 6.07) is 11.1. The van der Waals surface area contributed by atoms with E-state index in [1.54, 1.807) is 18.2 Å². The third-order valence-electron chi connectivity index (χ3n) is 7.79. The van der Waals surface area contributed by atoms with Crippen molar-refractivity contribution >= 4 is 29.2 Å². The molecule has 7 nitrogen and oxygen atoms in total. The number of benzene rings is 2. The lowest BCUT2D eigenvalue weighted by molar-refractivity contribution is -0.180. The van der Waals surface area contributed by atoms with Gasteiger partial charge in [-0.3, -0.25) is 4.79 Å². The highest BCUT2D eigenvalue weighted by Crippen LogP contribution is 2.39. The normalized spacial score (nSPS) is 15.7. The Kier molecular flexibility index (Phi) is 12.7. The second-order valence-electron chi connectivity index (χ2n) is 11.5. The van der Waals surface area contributed by atoms with Crippen LogP contribution < -0.4 is 9.64 Å². The largest absolute Gasteiger partial charge is 0.487 e. The molecule has 2 atom stereocenters. The van der Waals surface area contributed by atoms with Crippen LogP contribution in [0.5, 0.6) is 5.75 Å². The van der Waals surface area contributed by atoms with E-state index in [9.17, 15) is 14.7 Å². The Morgan fingerprint density at radius 3 is 2.62 bits per heavy atom. The van der Waals surface area contributed by atoms with Crippen molar-refractivity contribution in [1.82, 2.24) is 0 Å². The van der Waals surface area contributed by atoms with Crippen LogP contribution in [0.25, 0.3) is 0 Å². The van der Waals surface area contributed by atoms with Crippen LogP contribution in [-0.4, -0.2) is 43.9 Å². The molecule has 0 aromatic heterocycles. The molecule has 0 saturated heterocycles. The van der Waals surface area contributed by atoms with E-state index in [4.69, 9.17) is 25.8 Å². The lowest BCUT2D eigenvalue weighted by atomic mass is 9.81. The first-order valence-corrected chi connectivity index (χ1v) is 15.4. The van der Waals surface area contributed by atoms with Crippen LogP contribution in [0.3, 0.4) is 0 Å². The average molecular weight is 600 g/mol. The number of hydrogen-bond acceptors (Lipinski definition) is 7. The minimum atomic E-state index is -2.25. The van der Waals surface area contributed by atoms with E-state index in [1.807, 2.05) is 38.1 Å². The molecular weight excluding hydrogens is 554 g/mol. The zero-order chi connectivity index (χ0) is 30.7. The van der Waals surface area contributed by atoms with Crippen LogP contribution in [0, 0.1) is 11.8 Å². The number of esters is 2. The van der Waals surface area contributed by atoms with Crippen LogP contribution in [0.2, 0.25) is 5.02 Å². The van der Waals surface area contributed by atoms with Gasteiger partial charge in [0.1, 0.15) is 12.4 Å². The van der Waals surface area contributed by atoms with Crippen LogP contribution >= 0.6 is 11.6 Å². The Morgan fingerprint density at radius 2 is 1.90 bits per heavy atom. The molecule has 0 aliphatic carbocycles. The summed E-state index contributed by atoms with van der Waals surface area (Å²) in [6.07, 6.45) is 8.79. The highest BCUT2D eigenvalue weighted by molar-refractivity contribution is 6.30. The van der Waals surface area contributed by atoms with Gasteiger partial charge < -0.3 is 24.2 Å². The summed E-state index contributed by atoms with van der Waals surface area (Å²) in [6.45, 7) is 11.2. The van der Waals surface area contributed by atoms with Gasteiger partial charge in [0.05, 0.1) is 25.3 Å². The zero-order valence-corrected chi connectivity index (χ0v) is 26.3. The minimum Gasteiger partial charge on any atom is -0.487 e. The van der Waals surface area contributed by atoms with E-state index in [1.165, 1.54) is 19.6 Å². The van der Waals surface area contributed by atoms with Crippen molar-refractivity contribution in [2.45, 2.75) is 77.9 Å². The maximum absolute atomic E-state index is 13.1. The number of hydrogen-bond donors (Lipinski definition) is 1. The molecule has 0 spiro atoms. The first-order valence-electron chi connectivity index (χ1n) is 15.0. The van der Waals surface area contributed by atoms with Gasteiger partial charge in [-0.05, 0) is 92.3 Å². The highest BCUT2D eigenvalue weighted by atomic mass is 35.5. The van der Waals surface area contributed by atoms with Gasteiger partial charge in [0, 0.05) is 18.1 Å². The van der Waals surface area contributed by atoms with Crippen LogP contribution in [-0.2, 0) is 37.7 Å². The molecule has 1 heterocycles. The van der Waals surface area contributed by atoms with Gasteiger partial charge in [-0.15, -0.1) is 6.58 Å². The number of rotatable bonds is 12. The van der Waals surface area contributed by atoms with Crippen molar-refractivity contribution in [2.24, 2.45) is 11.8 Å². The molecule has 0 bridgehead atoms. The zero-order valence-electron chi connectivity index (χ0n) is 25.5. The maximum atomic E-state index is 13.1. The van der Waals surface area contributed by atoms with Crippen LogP contribution in [0.1, 0.15) is 76.0 Å². The predicted molar refractivity (Wildman–Crippen MR) is 167 cm³/mol. The van der Waals surface area contributed by atoms with Gasteiger partial charge in [-0.2, -0.15) is 0 Å². The molecule has 1 N–H and O–H groups in total. The first kappa shape index (κ1) is 33.5. The molecule has 0 amide bonds. The van der Waals surface area contributed by atoms with Crippen molar-refractivity contribution < 1.29 is 28.9 Å². The monoisotopic (exact) mass is 599 g/mol. The number of nitrogens with zero attached hydrogens (tertiary/aromatic N) is 1. The summed E-state index contributed by atoms with van der Waals surface area (Å²) >= 11 is 6.30. The Morgan fingerprint density at radius 1 is 1.12 bits per heavy atom. The second-order valence-corrected chi connectivity index (χ2v) is 11.9. The molecule has 1 aliphatic heterocycles. The van der Waals surface area contributed by atoms with E-state index in [0.717, 1.165) is 69.3 Å². The number of carbonyl (C=O) groups is 2.